The molecule has 3 aromatic rings. The molecule has 0 radical (unpaired) electrons. The number of carbonyl (C=O) groups is 1. The van der Waals surface area contributed by atoms with Crippen LogP contribution in [0.3, 0.4) is 0 Å². The number of halogens is 2. The van der Waals surface area contributed by atoms with Crippen LogP contribution in [0.1, 0.15) is 10.4 Å². The fourth-order valence-electron chi connectivity index (χ4n) is 2.52. The van der Waals surface area contributed by atoms with Gasteiger partial charge in [-0.2, -0.15) is 0 Å². The standard InChI is InChI=1S/C22H18Cl2N2O3S/c23-16-11-15(12-17(24)13-16)21(27)26-22(30)25-18-5-4-8-20(14-18)29-10-9-28-19-6-2-1-3-7-19/h1-8,11-14H,9-10H2,(H2,25,26,27,30). The van der Waals surface area contributed by atoms with Gasteiger partial charge in [-0.3, -0.25) is 10.1 Å². The molecule has 0 aliphatic carbocycles. The van der Waals surface area contributed by atoms with Crippen LogP contribution in [0, 0.1) is 0 Å². The molecule has 0 aliphatic heterocycles. The molecule has 0 unspecified atom stereocenters. The molecule has 8 heteroatoms. The number of rotatable bonds is 7. The molecule has 3 rings (SSSR count). The first-order valence-electron chi connectivity index (χ1n) is 8.99. The normalized spacial score (nSPS) is 10.2. The Morgan fingerprint density at radius 3 is 2.17 bits per heavy atom. The highest BCUT2D eigenvalue weighted by atomic mass is 35.5. The summed E-state index contributed by atoms with van der Waals surface area (Å²) in [5, 5.41) is 6.42. The maximum absolute atomic E-state index is 12.3. The van der Waals surface area contributed by atoms with Crippen LogP contribution in [-0.4, -0.2) is 24.2 Å². The number of amides is 1. The first-order chi connectivity index (χ1) is 14.5. The summed E-state index contributed by atoms with van der Waals surface area (Å²) in [4.78, 5) is 12.3. The average molecular weight is 461 g/mol. The van der Waals surface area contributed by atoms with Gasteiger partial charge in [-0.1, -0.05) is 47.5 Å². The lowest BCUT2D eigenvalue weighted by Gasteiger charge is -2.12. The Morgan fingerprint density at radius 2 is 1.47 bits per heavy atom. The van der Waals surface area contributed by atoms with Crippen LogP contribution in [0.4, 0.5) is 5.69 Å². The maximum Gasteiger partial charge on any atom is 0.257 e. The van der Waals surface area contributed by atoms with Crippen molar-refractivity contribution in [1.82, 2.24) is 5.32 Å². The quantitative estimate of drug-likeness (QED) is 0.356. The highest BCUT2D eigenvalue weighted by Crippen LogP contribution is 2.20. The van der Waals surface area contributed by atoms with Crippen molar-refractivity contribution in [2.45, 2.75) is 0 Å². The smallest absolute Gasteiger partial charge is 0.257 e. The number of nitrogens with one attached hydrogen (secondary N) is 2. The van der Waals surface area contributed by atoms with Gasteiger partial charge in [0, 0.05) is 27.4 Å². The summed E-state index contributed by atoms with van der Waals surface area (Å²) in [7, 11) is 0. The van der Waals surface area contributed by atoms with E-state index in [-0.39, 0.29) is 5.11 Å². The number of anilines is 1. The molecule has 0 aliphatic rings. The molecule has 0 atom stereocenters. The van der Waals surface area contributed by atoms with E-state index in [0.29, 0.717) is 40.3 Å². The summed E-state index contributed by atoms with van der Waals surface area (Å²) in [6.07, 6.45) is 0. The number of hydrogen-bond acceptors (Lipinski definition) is 4. The lowest BCUT2D eigenvalue weighted by atomic mass is 10.2. The van der Waals surface area contributed by atoms with Gasteiger partial charge in [-0.15, -0.1) is 0 Å². The van der Waals surface area contributed by atoms with E-state index >= 15 is 0 Å². The number of benzene rings is 3. The van der Waals surface area contributed by atoms with E-state index in [0.717, 1.165) is 5.75 Å². The van der Waals surface area contributed by atoms with Crippen molar-refractivity contribution in [3.8, 4) is 11.5 Å². The fraction of sp³-hybridized carbons (Fsp3) is 0.0909. The molecule has 0 spiro atoms. The van der Waals surface area contributed by atoms with E-state index in [1.54, 1.807) is 12.1 Å². The Hall–Kier alpha value is -2.80. The summed E-state index contributed by atoms with van der Waals surface area (Å²) in [6.45, 7) is 0.799. The molecule has 0 bridgehead atoms. The lowest BCUT2D eigenvalue weighted by molar-refractivity contribution is 0.0977. The molecule has 0 saturated carbocycles. The molecule has 154 valence electrons. The minimum Gasteiger partial charge on any atom is -0.490 e. The Balaban J connectivity index is 1.49. The van der Waals surface area contributed by atoms with Crippen LogP contribution >= 0.6 is 35.4 Å². The van der Waals surface area contributed by atoms with Crippen molar-refractivity contribution < 1.29 is 14.3 Å². The molecule has 2 N–H and O–H groups in total. The van der Waals surface area contributed by atoms with Gasteiger partial charge in [0.15, 0.2) is 5.11 Å². The predicted octanol–water partition coefficient (Wildman–Crippen LogP) is 5.58. The summed E-state index contributed by atoms with van der Waals surface area (Å²) in [5.74, 6) is 1.02. The second kappa shape index (κ2) is 10.8. The Labute approximate surface area is 189 Å². The molecule has 1 amide bonds. The molecular weight excluding hydrogens is 443 g/mol. The van der Waals surface area contributed by atoms with Crippen molar-refractivity contribution in [2.75, 3.05) is 18.5 Å². The van der Waals surface area contributed by atoms with Crippen molar-refractivity contribution in [2.24, 2.45) is 0 Å². The summed E-state index contributed by atoms with van der Waals surface area (Å²) >= 11 is 17.1. The van der Waals surface area contributed by atoms with Crippen molar-refractivity contribution in [3.05, 3.63) is 88.4 Å². The first-order valence-corrected chi connectivity index (χ1v) is 10.2. The highest BCUT2D eigenvalue weighted by molar-refractivity contribution is 7.80. The van der Waals surface area contributed by atoms with Gasteiger partial charge in [-0.25, -0.2) is 0 Å². The maximum atomic E-state index is 12.3. The van der Waals surface area contributed by atoms with E-state index in [1.165, 1.54) is 12.1 Å². The van der Waals surface area contributed by atoms with Gasteiger partial charge >= 0.3 is 0 Å². The zero-order valence-corrected chi connectivity index (χ0v) is 18.1. The number of ether oxygens (including phenoxy) is 2. The monoisotopic (exact) mass is 460 g/mol. The van der Waals surface area contributed by atoms with E-state index in [1.807, 2.05) is 48.5 Å². The SMILES string of the molecule is O=C(NC(=S)Nc1cccc(OCCOc2ccccc2)c1)c1cc(Cl)cc(Cl)c1. The second-order valence-corrected chi connectivity index (χ2v) is 7.39. The number of carbonyl (C=O) groups excluding carboxylic acids is 1. The third kappa shape index (κ3) is 6.91. The molecule has 5 nitrogen and oxygen atoms in total. The largest absolute Gasteiger partial charge is 0.490 e. The Kier molecular flexibility index (Phi) is 7.90. The van der Waals surface area contributed by atoms with Gasteiger partial charge in [0.1, 0.15) is 24.7 Å². The number of thiocarbonyl (C=S) groups is 1. The van der Waals surface area contributed by atoms with Crippen LogP contribution in [0.15, 0.2) is 72.8 Å². The third-order valence-corrected chi connectivity index (χ3v) is 4.45. The van der Waals surface area contributed by atoms with Gasteiger partial charge < -0.3 is 14.8 Å². The van der Waals surface area contributed by atoms with Gasteiger partial charge in [0.05, 0.1) is 0 Å². The number of para-hydroxylation sites is 1. The van der Waals surface area contributed by atoms with Crippen LogP contribution in [-0.2, 0) is 0 Å². The molecule has 0 fully saturated rings. The molecule has 3 aromatic carbocycles. The third-order valence-electron chi connectivity index (χ3n) is 3.81. The van der Waals surface area contributed by atoms with Crippen molar-refractivity contribution in [1.29, 1.82) is 0 Å². The van der Waals surface area contributed by atoms with E-state index in [4.69, 9.17) is 44.9 Å². The van der Waals surface area contributed by atoms with Gasteiger partial charge in [0.25, 0.3) is 5.91 Å². The van der Waals surface area contributed by atoms with Crippen LogP contribution in [0.25, 0.3) is 0 Å². The zero-order chi connectivity index (χ0) is 21.3. The summed E-state index contributed by atoms with van der Waals surface area (Å²) in [5.41, 5.74) is 0.984. The topological polar surface area (TPSA) is 59.6 Å². The van der Waals surface area contributed by atoms with Crippen molar-refractivity contribution >= 4 is 52.1 Å². The fourth-order valence-corrected chi connectivity index (χ4v) is 3.26. The molecule has 0 heterocycles. The summed E-state index contributed by atoms with van der Waals surface area (Å²) in [6, 6.07) is 21.3. The van der Waals surface area contributed by atoms with E-state index in [9.17, 15) is 4.79 Å². The Bertz CT molecular complexity index is 1010. The minimum absolute atomic E-state index is 0.139. The van der Waals surface area contributed by atoms with Crippen molar-refractivity contribution in [3.63, 3.8) is 0 Å². The van der Waals surface area contributed by atoms with Crippen LogP contribution in [0.5, 0.6) is 11.5 Å². The average Bonchev–Trinajstić information content (AvgIpc) is 2.71. The predicted molar refractivity (Wildman–Crippen MR) is 124 cm³/mol. The van der Waals surface area contributed by atoms with Crippen LogP contribution < -0.4 is 20.1 Å². The zero-order valence-electron chi connectivity index (χ0n) is 15.7. The first kappa shape index (κ1) is 21.9. The van der Waals surface area contributed by atoms with E-state index in [2.05, 4.69) is 10.6 Å². The van der Waals surface area contributed by atoms with E-state index < -0.39 is 5.91 Å². The summed E-state index contributed by atoms with van der Waals surface area (Å²) < 4.78 is 11.3. The van der Waals surface area contributed by atoms with Gasteiger partial charge in [0.2, 0.25) is 0 Å². The Morgan fingerprint density at radius 1 is 0.833 bits per heavy atom. The van der Waals surface area contributed by atoms with Crippen LogP contribution in [0.2, 0.25) is 10.0 Å². The molecular formula is C22H18Cl2N2O3S. The molecule has 0 aromatic heterocycles. The number of hydrogen-bond donors (Lipinski definition) is 2. The van der Waals surface area contributed by atoms with Gasteiger partial charge in [-0.05, 0) is 54.7 Å². The minimum atomic E-state index is -0.414. The lowest BCUT2D eigenvalue weighted by Crippen LogP contribution is -2.34. The second-order valence-electron chi connectivity index (χ2n) is 6.10. The molecule has 0 saturated heterocycles. The molecule has 30 heavy (non-hydrogen) atoms. The highest BCUT2D eigenvalue weighted by Gasteiger charge is 2.10.